The van der Waals surface area contributed by atoms with Crippen LogP contribution in [-0.2, 0) is 22.7 Å². The van der Waals surface area contributed by atoms with Gasteiger partial charge in [0.05, 0.1) is 0 Å². The van der Waals surface area contributed by atoms with Crippen molar-refractivity contribution in [3.63, 3.8) is 0 Å². The first-order chi connectivity index (χ1) is 14.1. The summed E-state index contributed by atoms with van der Waals surface area (Å²) >= 11 is 0. The first-order valence-corrected chi connectivity index (χ1v) is 10.8. The van der Waals surface area contributed by atoms with Gasteiger partial charge in [-0.2, -0.15) is 0 Å². The average molecular weight is 396 g/mol. The molecule has 4 aliphatic rings. The Bertz CT molecular complexity index is 850. The topological polar surface area (TPSA) is 81.8 Å². The van der Waals surface area contributed by atoms with Gasteiger partial charge in [-0.15, -0.1) is 0 Å². The quantitative estimate of drug-likeness (QED) is 0.727. The summed E-state index contributed by atoms with van der Waals surface area (Å²) in [6, 6.07) is 6.04. The Hall–Kier alpha value is -2.25. The van der Waals surface area contributed by atoms with Crippen LogP contribution in [-0.4, -0.2) is 59.2 Å². The molecule has 154 valence electrons. The number of fused-ring (bicyclic) bond motifs is 1. The van der Waals surface area contributed by atoms with Gasteiger partial charge in [0.25, 0.3) is 5.91 Å². The van der Waals surface area contributed by atoms with Crippen LogP contribution in [0.15, 0.2) is 18.2 Å². The Morgan fingerprint density at radius 1 is 1.10 bits per heavy atom. The number of imide groups is 1. The number of rotatable bonds is 5. The highest BCUT2D eigenvalue weighted by atomic mass is 16.2. The zero-order valence-corrected chi connectivity index (χ0v) is 16.7. The third-order valence-electron chi connectivity index (χ3n) is 6.79. The Kier molecular flexibility index (Phi) is 4.87. The molecule has 5 rings (SSSR count). The van der Waals surface area contributed by atoms with Crippen molar-refractivity contribution in [1.82, 2.24) is 20.4 Å². The first kappa shape index (κ1) is 18.8. The molecule has 7 nitrogen and oxygen atoms in total. The number of amides is 3. The Labute approximate surface area is 170 Å². The molecule has 1 aromatic rings. The molecule has 3 fully saturated rings. The van der Waals surface area contributed by atoms with E-state index in [0.717, 1.165) is 48.8 Å². The molecule has 2 unspecified atom stereocenters. The van der Waals surface area contributed by atoms with E-state index in [1.807, 2.05) is 12.1 Å². The average Bonchev–Trinajstić information content (AvgIpc) is 3.46. The van der Waals surface area contributed by atoms with Crippen molar-refractivity contribution in [2.24, 2.45) is 5.92 Å². The van der Waals surface area contributed by atoms with Gasteiger partial charge in [-0.1, -0.05) is 31.0 Å². The van der Waals surface area contributed by atoms with Crippen LogP contribution in [0.25, 0.3) is 0 Å². The van der Waals surface area contributed by atoms with Crippen LogP contribution >= 0.6 is 0 Å². The van der Waals surface area contributed by atoms with Gasteiger partial charge in [-0.3, -0.25) is 24.6 Å². The molecule has 0 bridgehead atoms. The molecule has 3 aliphatic heterocycles. The predicted octanol–water partition coefficient (Wildman–Crippen LogP) is 1.02. The van der Waals surface area contributed by atoms with Crippen LogP contribution in [0.3, 0.4) is 0 Å². The van der Waals surface area contributed by atoms with E-state index in [9.17, 15) is 14.4 Å². The molecule has 2 N–H and O–H groups in total. The summed E-state index contributed by atoms with van der Waals surface area (Å²) in [6.07, 6.45) is 4.63. The van der Waals surface area contributed by atoms with E-state index in [-0.39, 0.29) is 24.1 Å². The number of carbonyl (C=O) groups excluding carboxylic acids is 3. The fourth-order valence-electron chi connectivity index (χ4n) is 5.02. The van der Waals surface area contributed by atoms with Crippen molar-refractivity contribution >= 4 is 17.7 Å². The lowest BCUT2D eigenvalue weighted by Crippen LogP contribution is -2.52. The van der Waals surface area contributed by atoms with Crippen LogP contribution in [0.5, 0.6) is 0 Å². The van der Waals surface area contributed by atoms with Gasteiger partial charge in [0.2, 0.25) is 11.8 Å². The number of hydrogen-bond donors (Lipinski definition) is 2. The summed E-state index contributed by atoms with van der Waals surface area (Å²) in [5.74, 6) is 0.194. The van der Waals surface area contributed by atoms with Gasteiger partial charge >= 0.3 is 0 Å². The maximum atomic E-state index is 13.3. The van der Waals surface area contributed by atoms with E-state index < -0.39 is 6.04 Å². The predicted molar refractivity (Wildman–Crippen MR) is 107 cm³/mol. The molecule has 2 atom stereocenters. The van der Waals surface area contributed by atoms with E-state index in [4.69, 9.17) is 0 Å². The minimum atomic E-state index is -0.553. The Morgan fingerprint density at radius 2 is 1.97 bits per heavy atom. The summed E-state index contributed by atoms with van der Waals surface area (Å²) in [7, 11) is 0. The summed E-state index contributed by atoms with van der Waals surface area (Å²) in [5, 5.41) is 5.89. The van der Waals surface area contributed by atoms with Crippen LogP contribution in [0.2, 0.25) is 0 Å². The molecular weight excluding hydrogens is 368 g/mol. The second kappa shape index (κ2) is 7.54. The fourth-order valence-corrected chi connectivity index (χ4v) is 5.02. The number of piperazine rings is 1. The summed E-state index contributed by atoms with van der Waals surface area (Å²) in [6.45, 7) is 4.21. The number of benzene rings is 1. The summed E-state index contributed by atoms with van der Waals surface area (Å²) in [4.78, 5) is 41.2. The van der Waals surface area contributed by atoms with Gasteiger partial charge in [0.15, 0.2) is 0 Å². The monoisotopic (exact) mass is 396 g/mol. The number of hydrogen-bond acceptors (Lipinski definition) is 5. The second-order valence-electron chi connectivity index (χ2n) is 8.86. The van der Waals surface area contributed by atoms with Gasteiger partial charge in [-0.25, -0.2) is 0 Å². The zero-order valence-electron chi connectivity index (χ0n) is 16.7. The second-order valence-corrected chi connectivity index (χ2v) is 8.86. The standard InChI is InChI=1S/C22H28N4O3/c27-19-7-6-18(21(28)24-19)26-13-16-3-1-2-15(20(16)22(26)29)12-25-9-8-23-11-17(25)10-14-4-5-14/h1-3,14,17-18,23H,4-13H2,(H,24,27,28). The number of nitrogens with one attached hydrogen (secondary N) is 2. The molecule has 3 amide bonds. The van der Waals surface area contributed by atoms with Gasteiger partial charge in [-0.05, 0) is 29.9 Å². The molecule has 1 aromatic carbocycles. The number of carbonyl (C=O) groups is 3. The highest BCUT2D eigenvalue weighted by Crippen LogP contribution is 2.36. The highest BCUT2D eigenvalue weighted by molar-refractivity contribution is 6.05. The highest BCUT2D eigenvalue weighted by Gasteiger charge is 2.40. The third-order valence-corrected chi connectivity index (χ3v) is 6.79. The van der Waals surface area contributed by atoms with Gasteiger partial charge < -0.3 is 10.2 Å². The minimum Gasteiger partial charge on any atom is -0.322 e. The van der Waals surface area contributed by atoms with Crippen molar-refractivity contribution in [2.45, 2.75) is 57.3 Å². The summed E-state index contributed by atoms with van der Waals surface area (Å²) in [5.41, 5.74) is 2.82. The Balaban J connectivity index is 1.35. The largest absolute Gasteiger partial charge is 0.322 e. The van der Waals surface area contributed by atoms with Crippen molar-refractivity contribution in [3.05, 3.63) is 34.9 Å². The molecule has 0 radical (unpaired) electrons. The van der Waals surface area contributed by atoms with Crippen molar-refractivity contribution < 1.29 is 14.4 Å². The molecular formula is C22H28N4O3. The molecule has 29 heavy (non-hydrogen) atoms. The van der Waals surface area contributed by atoms with E-state index >= 15 is 0 Å². The van der Waals surface area contributed by atoms with Crippen molar-refractivity contribution in [3.8, 4) is 0 Å². The Morgan fingerprint density at radius 3 is 2.76 bits per heavy atom. The smallest absolute Gasteiger partial charge is 0.255 e. The molecule has 1 aliphatic carbocycles. The molecule has 2 saturated heterocycles. The van der Waals surface area contributed by atoms with Gasteiger partial charge in [0, 0.05) is 50.7 Å². The molecule has 3 heterocycles. The fraction of sp³-hybridized carbons (Fsp3) is 0.591. The molecule has 7 heteroatoms. The normalized spacial score (nSPS) is 27.9. The van der Waals surface area contributed by atoms with Crippen molar-refractivity contribution in [1.29, 1.82) is 0 Å². The maximum absolute atomic E-state index is 13.3. The SMILES string of the molecule is O=C1CCC(N2Cc3cccc(CN4CCNCC4CC4CC4)c3C2=O)C(=O)N1. The van der Waals surface area contributed by atoms with Gasteiger partial charge in [0.1, 0.15) is 6.04 Å². The first-order valence-electron chi connectivity index (χ1n) is 10.8. The van der Waals surface area contributed by atoms with Crippen LogP contribution in [0, 0.1) is 5.92 Å². The zero-order chi connectivity index (χ0) is 20.0. The van der Waals surface area contributed by atoms with E-state index in [0.29, 0.717) is 19.0 Å². The van der Waals surface area contributed by atoms with E-state index in [1.165, 1.54) is 19.3 Å². The van der Waals surface area contributed by atoms with Crippen LogP contribution in [0.1, 0.15) is 53.6 Å². The summed E-state index contributed by atoms with van der Waals surface area (Å²) < 4.78 is 0. The number of piperidine rings is 1. The van der Waals surface area contributed by atoms with E-state index in [2.05, 4.69) is 21.6 Å². The van der Waals surface area contributed by atoms with Crippen molar-refractivity contribution in [2.75, 3.05) is 19.6 Å². The number of nitrogens with zero attached hydrogens (tertiary/aromatic N) is 2. The molecule has 1 saturated carbocycles. The third kappa shape index (κ3) is 3.69. The molecule has 0 aromatic heterocycles. The van der Waals surface area contributed by atoms with Crippen LogP contribution in [0.4, 0.5) is 0 Å². The van der Waals surface area contributed by atoms with Crippen LogP contribution < -0.4 is 10.6 Å². The van der Waals surface area contributed by atoms with E-state index in [1.54, 1.807) is 4.90 Å². The maximum Gasteiger partial charge on any atom is 0.255 e. The minimum absolute atomic E-state index is 0.0704. The lowest BCUT2D eigenvalue weighted by atomic mass is 10.00. The molecule has 0 spiro atoms. The lowest BCUT2D eigenvalue weighted by Gasteiger charge is -2.36. The lowest BCUT2D eigenvalue weighted by molar-refractivity contribution is -0.136.